The highest BCUT2D eigenvalue weighted by Crippen LogP contribution is 2.23. The Hall–Kier alpha value is -3.23. The lowest BCUT2D eigenvalue weighted by Gasteiger charge is -2.11. The van der Waals surface area contributed by atoms with Crippen molar-refractivity contribution in [1.29, 1.82) is 0 Å². The number of alkyl halides is 2. The van der Waals surface area contributed by atoms with Gasteiger partial charge < -0.3 is 19.3 Å². The van der Waals surface area contributed by atoms with Gasteiger partial charge in [-0.1, -0.05) is 17.3 Å². The van der Waals surface area contributed by atoms with Crippen LogP contribution in [0.4, 0.5) is 14.6 Å². The van der Waals surface area contributed by atoms with E-state index in [1.807, 2.05) is 12.1 Å². The van der Waals surface area contributed by atoms with Crippen LogP contribution in [0.2, 0.25) is 0 Å². The van der Waals surface area contributed by atoms with E-state index in [1.165, 1.54) is 18.3 Å². The van der Waals surface area contributed by atoms with Gasteiger partial charge in [0.25, 0.3) is 0 Å². The Labute approximate surface area is 148 Å². The molecule has 0 aliphatic heterocycles. The molecule has 7 nitrogen and oxygen atoms in total. The predicted molar refractivity (Wildman–Crippen MR) is 88.0 cm³/mol. The van der Waals surface area contributed by atoms with Crippen molar-refractivity contribution in [3.05, 3.63) is 59.9 Å². The van der Waals surface area contributed by atoms with Crippen LogP contribution in [0.1, 0.15) is 17.3 Å². The van der Waals surface area contributed by atoms with Gasteiger partial charge in [0.05, 0.1) is 0 Å². The predicted octanol–water partition coefficient (Wildman–Crippen LogP) is 3.57. The summed E-state index contributed by atoms with van der Waals surface area (Å²) in [4.78, 5) is 8.06. The highest BCUT2D eigenvalue weighted by Gasteiger charge is 2.10. The van der Waals surface area contributed by atoms with Crippen molar-refractivity contribution in [3.8, 4) is 11.5 Å². The number of hydrogen-bond acceptors (Lipinski definition) is 7. The van der Waals surface area contributed by atoms with E-state index in [9.17, 15) is 8.78 Å². The van der Waals surface area contributed by atoms with Crippen LogP contribution in [-0.2, 0) is 13.2 Å². The minimum atomic E-state index is -2.90. The van der Waals surface area contributed by atoms with E-state index in [-0.39, 0.29) is 18.2 Å². The first-order chi connectivity index (χ1) is 12.6. The first-order valence-corrected chi connectivity index (χ1v) is 7.75. The summed E-state index contributed by atoms with van der Waals surface area (Å²) < 4.78 is 39.7. The van der Waals surface area contributed by atoms with E-state index in [2.05, 4.69) is 25.2 Å². The summed E-state index contributed by atoms with van der Waals surface area (Å²) in [5.74, 6) is 1.85. The zero-order chi connectivity index (χ0) is 18.4. The van der Waals surface area contributed by atoms with Gasteiger partial charge in [-0.15, -0.1) is 0 Å². The number of rotatable bonds is 8. The molecule has 136 valence electrons. The largest absolute Gasteiger partial charge is 0.485 e. The summed E-state index contributed by atoms with van der Waals surface area (Å²) >= 11 is 0. The topological polar surface area (TPSA) is 82.3 Å². The minimum absolute atomic E-state index is 0.00198. The van der Waals surface area contributed by atoms with E-state index in [1.54, 1.807) is 19.1 Å². The van der Waals surface area contributed by atoms with Gasteiger partial charge in [0.15, 0.2) is 18.2 Å². The van der Waals surface area contributed by atoms with E-state index in [4.69, 9.17) is 9.26 Å². The summed E-state index contributed by atoms with van der Waals surface area (Å²) in [7, 11) is 0. The van der Waals surface area contributed by atoms with Crippen molar-refractivity contribution >= 4 is 5.82 Å². The third-order valence-corrected chi connectivity index (χ3v) is 3.31. The Morgan fingerprint density at radius 1 is 1.19 bits per heavy atom. The Balaban J connectivity index is 1.54. The molecule has 0 radical (unpaired) electrons. The van der Waals surface area contributed by atoms with Crippen molar-refractivity contribution in [1.82, 2.24) is 15.1 Å². The summed E-state index contributed by atoms with van der Waals surface area (Å²) in [6.45, 7) is -0.602. The van der Waals surface area contributed by atoms with Crippen molar-refractivity contribution in [3.63, 3.8) is 0 Å². The lowest BCUT2D eigenvalue weighted by Crippen LogP contribution is -2.07. The van der Waals surface area contributed by atoms with Crippen LogP contribution in [0.3, 0.4) is 0 Å². The number of anilines is 1. The molecule has 26 heavy (non-hydrogen) atoms. The Morgan fingerprint density at radius 2 is 2.00 bits per heavy atom. The fourth-order valence-electron chi connectivity index (χ4n) is 2.15. The molecule has 0 fully saturated rings. The molecule has 3 aromatic rings. The number of ether oxygens (including phenoxy) is 2. The summed E-state index contributed by atoms with van der Waals surface area (Å²) in [6.07, 6.45) is 1.50. The summed E-state index contributed by atoms with van der Waals surface area (Å²) in [6, 6.07) is 10.2. The van der Waals surface area contributed by atoms with E-state index in [0.29, 0.717) is 24.0 Å². The lowest BCUT2D eigenvalue weighted by atomic mass is 10.2. The molecule has 9 heteroatoms. The monoisotopic (exact) mass is 362 g/mol. The maximum Gasteiger partial charge on any atom is 0.387 e. The van der Waals surface area contributed by atoms with Gasteiger partial charge in [-0.05, 0) is 29.8 Å². The van der Waals surface area contributed by atoms with E-state index < -0.39 is 6.61 Å². The van der Waals surface area contributed by atoms with Gasteiger partial charge in [-0.3, -0.25) is 0 Å². The Morgan fingerprint density at radius 3 is 2.69 bits per heavy atom. The van der Waals surface area contributed by atoms with E-state index in [0.717, 1.165) is 5.56 Å². The molecular formula is C17H16F2N4O3. The maximum absolute atomic E-state index is 12.4. The first kappa shape index (κ1) is 17.6. The number of aromatic nitrogens is 3. The molecular weight excluding hydrogens is 346 g/mol. The molecule has 1 aromatic carbocycles. The van der Waals surface area contributed by atoms with E-state index >= 15 is 0 Å². The standard InChI is InChI=1S/C17H16F2N4O3/c1-11-22-15(23-26-11)10-24-13-6-4-12(5-7-13)9-21-16-14(25-17(18)19)3-2-8-20-16/h2-8,17H,9-10H2,1H3,(H,20,21). The highest BCUT2D eigenvalue weighted by atomic mass is 19.3. The maximum atomic E-state index is 12.4. The average molecular weight is 362 g/mol. The zero-order valence-electron chi connectivity index (χ0n) is 13.9. The number of nitrogens with zero attached hydrogens (tertiary/aromatic N) is 3. The molecule has 0 atom stereocenters. The highest BCUT2D eigenvalue weighted by molar-refractivity contribution is 5.49. The molecule has 2 aromatic heterocycles. The van der Waals surface area contributed by atoms with Crippen molar-refractivity contribution in [2.45, 2.75) is 26.7 Å². The summed E-state index contributed by atoms with van der Waals surface area (Å²) in [5, 5.41) is 6.72. The van der Waals surface area contributed by atoms with Crippen LogP contribution in [0.25, 0.3) is 0 Å². The van der Waals surface area contributed by atoms with Crippen LogP contribution in [-0.4, -0.2) is 21.7 Å². The zero-order valence-corrected chi connectivity index (χ0v) is 13.9. The molecule has 0 bridgehead atoms. The third kappa shape index (κ3) is 4.88. The Kier molecular flexibility index (Phi) is 5.57. The van der Waals surface area contributed by atoms with Crippen molar-refractivity contribution in [2.75, 3.05) is 5.32 Å². The first-order valence-electron chi connectivity index (χ1n) is 7.75. The molecule has 2 heterocycles. The van der Waals surface area contributed by atoms with Crippen LogP contribution in [0.5, 0.6) is 11.5 Å². The SMILES string of the molecule is Cc1nc(COc2ccc(CNc3ncccc3OC(F)F)cc2)no1. The Bertz CT molecular complexity index is 840. The minimum Gasteiger partial charge on any atom is -0.485 e. The molecule has 0 saturated carbocycles. The smallest absolute Gasteiger partial charge is 0.387 e. The number of halogens is 2. The second-order valence-corrected chi connectivity index (χ2v) is 5.24. The van der Waals surface area contributed by atoms with Crippen LogP contribution in [0.15, 0.2) is 47.1 Å². The van der Waals surface area contributed by atoms with Gasteiger partial charge in [-0.2, -0.15) is 13.8 Å². The van der Waals surface area contributed by atoms with Crippen LogP contribution < -0.4 is 14.8 Å². The number of benzene rings is 1. The van der Waals surface area contributed by atoms with Gasteiger partial charge in [-0.25, -0.2) is 4.98 Å². The molecule has 3 rings (SSSR count). The lowest BCUT2D eigenvalue weighted by molar-refractivity contribution is -0.0495. The average Bonchev–Trinajstić information content (AvgIpc) is 3.05. The third-order valence-electron chi connectivity index (χ3n) is 3.31. The van der Waals surface area contributed by atoms with Crippen LogP contribution in [0, 0.1) is 6.92 Å². The number of aryl methyl sites for hydroxylation is 1. The molecule has 0 unspecified atom stereocenters. The van der Waals surface area contributed by atoms with Gasteiger partial charge in [0.2, 0.25) is 11.7 Å². The van der Waals surface area contributed by atoms with Gasteiger partial charge in [0, 0.05) is 19.7 Å². The fourth-order valence-corrected chi connectivity index (χ4v) is 2.15. The second-order valence-electron chi connectivity index (χ2n) is 5.24. The number of nitrogens with one attached hydrogen (secondary N) is 1. The normalized spacial score (nSPS) is 10.8. The van der Waals surface area contributed by atoms with Gasteiger partial charge in [0.1, 0.15) is 5.75 Å². The summed E-state index contributed by atoms with van der Waals surface area (Å²) in [5.41, 5.74) is 0.918. The number of hydrogen-bond donors (Lipinski definition) is 1. The fraction of sp³-hybridized carbons (Fsp3) is 0.235. The second kappa shape index (κ2) is 8.24. The van der Waals surface area contributed by atoms with Gasteiger partial charge >= 0.3 is 6.61 Å². The molecule has 0 aliphatic carbocycles. The van der Waals surface area contributed by atoms with Crippen molar-refractivity contribution < 1.29 is 22.8 Å². The molecule has 0 amide bonds. The molecule has 1 N–H and O–H groups in total. The molecule has 0 aliphatic rings. The number of pyridine rings is 1. The quantitative estimate of drug-likeness (QED) is 0.656. The molecule has 0 spiro atoms. The molecule has 0 saturated heterocycles. The van der Waals surface area contributed by atoms with Crippen LogP contribution >= 0.6 is 0 Å². The van der Waals surface area contributed by atoms with Crippen molar-refractivity contribution in [2.24, 2.45) is 0 Å².